The van der Waals surface area contributed by atoms with Crippen LogP contribution in [-0.2, 0) is 13.7 Å². The zero-order chi connectivity index (χ0) is 14.4. The van der Waals surface area contributed by atoms with Crippen LogP contribution in [0.15, 0.2) is 30.3 Å². The topological polar surface area (TPSA) is 20.2 Å². The smallest absolute Gasteiger partial charge is 0.172 e. The van der Waals surface area contributed by atoms with Gasteiger partial charge in [-0.15, -0.1) is 0 Å². The first-order chi connectivity index (χ1) is 8.43. The molecular weight excluding hydrogens is 555 g/mol. The third kappa shape index (κ3) is 22.5. The van der Waals surface area contributed by atoms with E-state index in [1.807, 2.05) is 30.3 Å². The molecule has 0 aliphatic heterocycles. The summed E-state index contributed by atoms with van der Waals surface area (Å²) in [6.07, 6.45) is 2.01. The van der Waals surface area contributed by atoms with Crippen molar-refractivity contribution in [2.24, 2.45) is 11.8 Å². The minimum absolute atomic E-state index is 0.125. The van der Waals surface area contributed by atoms with E-state index in [1.54, 1.807) is 0 Å². The van der Waals surface area contributed by atoms with Gasteiger partial charge in [0.1, 0.15) is 0 Å². The van der Waals surface area contributed by atoms with Crippen LogP contribution in [0, 0.1) is 11.8 Å². The van der Waals surface area contributed by atoms with Gasteiger partial charge in [0.05, 0.1) is 0 Å². The fraction of sp³-hybridized carbons (Fsp3) is 0.615. The van der Waals surface area contributed by atoms with E-state index in [9.17, 15) is 4.89 Å². The molecule has 0 spiro atoms. The maximum atomic E-state index is 9.45. The second-order valence-corrected chi connectivity index (χ2v) is 16.9. The Kier molecular flexibility index (Phi) is 19.7. The van der Waals surface area contributed by atoms with E-state index in [0.717, 1.165) is 12.3 Å². The van der Waals surface area contributed by atoms with Gasteiger partial charge >= 0.3 is 40.7 Å². The fourth-order valence-electron chi connectivity index (χ4n) is 1.24. The average Bonchev–Trinajstić information content (AvgIpc) is 2.72. The summed E-state index contributed by atoms with van der Waals surface area (Å²) in [5, 5.41) is 0. The Morgan fingerprint density at radius 3 is 1.56 bits per heavy atom. The molecule has 0 amide bonds. The van der Waals surface area contributed by atoms with Crippen molar-refractivity contribution in [3.63, 3.8) is 0 Å². The molecular formula is C13H24Br2IrOP. The zero-order valence-electron chi connectivity index (χ0n) is 11.4. The second kappa shape index (κ2) is 16.4. The third-order valence-corrected chi connectivity index (χ3v) is 4.01. The van der Waals surface area contributed by atoms with Gasteiger partial charge in [-0.2, -0.15) is 18.2 Å². The summed E-state index contributed by atoms with van der Waals surface area (Å²) >= 11 is 6.50. The van der Waals surface area contributed by atoms with Crippen LogP contribution < -0.4 is 0 Å². The molecule has 110 valence electrons. The van der Waals surface area contributed by atoms with Gasteiger partial charge in [-0.05, 0) is 24.2 Å². The van der Waals surface area contributed by atoms with Gasteiger partial charge in [0.15, 0.2) is 0 Å². The molecule has 0 aromatic heterocycles. The Labute approximate surface area is 135 Å². The van der Waals surface area contributed by atoms with E-state index < -0.39 is 8.15 Å². The van der Waals surface area contributed by atoms with Gasteiger partial charge in [-0.25, -0.2) is 12.1 Å². The summed E-state index contributed by atoms with van der Waals surface area (Å²) in [7, 11) is -0.659. The van der Waals surface area contributed by atoms with Gasteiger partial charge in [0, 0.05) is 8.15 Å². The Bertz CT molecular complexity index is 204. The molecule has 0 aliphatic carbocycles. The summed E-state index contributed by atoms with van der Waals surface area (Å²) in [6.45, 7) is 8.63. The van der Waals surface area contributed by atoms with Gasteiger partial charge in [0.2, 0.25) is 0 Å². The predicted molar refractivity (Wildman–Crippen MR) is 88.4 cm³/mol. The summed E-state index contributed by atoms with van der Waals surface area (Å²) < 4.78 is 0. The molecule has 5 heteroatoms. The Balaban J connectivity index is 0. The molecule has 0 saturated carbocycles. The summed E-state index contributed by atoms with van der Waals surface area (Å²) in [4.78, 5) is 9.45. The van der Waals surface area contributed by atoms with Crippen molar-refractivity contribution >= 4 is 35.1 Å². The number of rotatable bonds is 4. The van der Waals surface area contributed by atoms with Crippen molar-refractivity contribution in [3.8, 4) is 0 Å². The predicted octanol–water partition coefficient (Wildman–Crippen LogP) is 5.78. The van der Waals surface area contributed by atoms with Crippen molar-refractivity contribution in [2.75, 3.05) is 12.3 Å². The first-order valence-corrected chi connectivity index (χ1v) is 18.0. The molecule has 0 aliphatic rings. The van der Waals surface area contributed by atoms with Crippen LogP contribution in [-0.4, -0.2) is 17.2 Å². The molecule has 0 heterocycles. The fourth-order valence-corrected chi connectivity index (χ4v) is 3.07. The van der Waals surface area contributed by atoms with Crippen molar-refractivity contribution in [3.05, 3.63) is 30.3 Å². The van der Waals surface area contributed by atoms with Crippen LogP contribution >= 0.6 is 35.1 Å². The maximum absolute atomic E-state index is 9.45. The molecule has 0 atom stereocenters. The quantitative estimate of drug-likeness (QED) is 0.355. The zero-order valence-corrected chi connectivity index (χ0v) is 17.9. The van der Waals surface area contributed by atoms with Crippen LogP contribution in [0.5, 0.6) is 0 Å². The van der Waals surface area contributed by atoms with Gasteiger partial charge in [-0.3, -0.25) is 0 Å². The molecule has 0 unspecified atom stereocenters. The van der Waals surface area contributed by atoms with Crippen LogP contribution in [0.1, 0.15) is 27.7 Å². The monoisotopic (exact) mass is 578 g/mol. The van der Waals surface area contributed by atoms with E-state index >= 15 is 0 Å². The summed E-state index contributed by atoms with van der Waals surface area (Å²) in [6, 6.07) is 10.0. The molecule has 1 N–H and O–H groups in total. The van der Waals surface area contributed by atoms with E-state index in [2.05, 4.69) is 54.7 Å². The molecule has 1 aromatic carbocycles. The largest absolute Gasteiger partial charge is 0.214 e. The van der Waals surface area contributed by atoms with Crippen LogP contribution in [0.4, 0.5) is 0 Å². The Hall–Kier alpha value is 1.35. The van der Waals surface area contributed by atoms with Gasteiger partial charge in [-0.1, -0.05) is 27.7 Å². The first kappa shape index (κ1) is 21.6. The normalized spacial score (nSPS) is 10.1. The molecule has 0 radical (unpaired) electrons. The van der Waals surface area contributed by atoms with Crippen LogP contribution in [0.3, 0.4) is 0 Å². The van der Waals surface area contributed by atoms with Crippen molar-refractivity contribution in [2.45, 2.75) is 27.7 Å². The minimum Gasteiger partial charge on any atom is -0.214 e. The van der Waals surface area contributed by atoms with Gasteiger partial charge in [0.25, 0.3) is 0 Å². The molecule has 0 fully saturated rings. The summed E-state index contributed by atoms with van der Waals surface area (Å²) in [5.74, 6) is 1.30. The van der Waals surface area contributed by atoms with Crippen molar-refractivity contribution in [1.82, 2.24) is 0 Å². The SMILES string of the molecule is CC(C)CP(O)CC(C)C.[Br][Ir+][Br].c1cc[cH-]c1. The number of halogens is 2. The van der Waals surface area contributed by atoms with Crippen LogP contribution in [0.2, 0.25) is 0 Å². The molecule has 0 saturated heterocycles. The van der Waals surface area contributed by atoms with Crippen molar-refractivity contribution < 1.29 is 18.6 Å². The summed E-state index contributed by atoms with van der Waals surface area (Å²) in [5.41, 5.74) is 0. The number of hydrogen-bond donors (Lipinski definition) is 1. The maximum Gasteiger partial charge on any atom is -0.172 e. The van der Waals surface area contributed by atoms with Crippen molar-refractivity contribution in [1.29, 1.82) is 0 Å². The standard InChI is InChI=1S/C8H19OP.C5H5.2BrH.Ir/c1-7(2)5-10(9)6-8(3)4;1-2-4-5-3-1;;;/h7-9H,5-6H2,1-4H3;1-5H;2*1H;/q;-1;;;+3/p-2. The van der Waals surface area contributed by atoms with Crippen LogP contribution in [0.25, 0.3) is 0 Å². The minimum atomic E-state index is -0.659. The Morgan fingerprint density at radius 2 is 1.39 bits per heavy atom. The molecule has 1 rings (SSSR count). The second-order valence-electron chi connectivity index (χ2n) is 4.67. The molecule has 18 heavy (non-hydrogen) atoms. The molecule has 0 bridgehead atoms. The number of hydrogen-bond acceptors (Lipinski definition) is 1. The van der Waals surface area contributed by atoms with E-state index in [1.165, 1.54) is 0 Å². The van der Waals surface area contributed by atoms with E-state index in [4.69, 9.17) is 0 Å². The molecule has 1 nitrogen and oxygen atoms in total. The van der Waals surface area contributed by atoms with Gasteiger partial charge < -0.3 is 4.89 Å². The van der Waals surface area contributed by atoms with E-state index in [0.29, 0.717) is 11.8 Å². The first-order valence-electron chi connectivity index (χ1n) is 5.88. The molecule has 1 aromatic rings. The van der Waals surface area contributed by atoms with E-state index in [-0.39, 0.29) is 13.7 Å². The average molecular weight is 579 g/mol. The Morgan fingerprint density at radius 1 is 1.06 bits per heavy atom. The third-order valence-electron chi connectivity index (χ3n) is 1.71.